The van der Waals surface area contributed by atoms with Crippen molar-refractivity contribution in [2.75, 3.05) is 7.11 Å². The molecule has 0 radical (unpaired) electrons. The van der Waals surface area contributed by atoms with Gasteiger partial charge in [0.25, 0.3) is 0 Å². The number of fused-ring (bicyclic) bond motifs is 1. The number of nitrogens with zero attached hydrogens (tertiary/aromatic N) is 1. The summed E-state index contributed by atoms with van der Waals surface area (Å²) in [7, 11) is 1.47. The molecule has 0 unspecified atom stereocenters. The number of nitrogens with one attached hydrogen (secondary N) is 1. The molecular weight excluding hydrogens is 251 g/mol. The number of aromatic amines is 1. The van der Waals surface area contributed by atoms with E-state index in [9.17, 15) is 4.39 Å². The summed E-state index contributed by atoms with van der Waals surface area (Å²) in [5.74, 6) is -0.114. The van der Waals surface area contributed by atoms with Crippen molar-refractivity contribution in [2.45, 2.75) is 26.3 Å². The van der Waals surface area contributed by atoms with E-state index in [1.807, 2.05) is 4.57 Å². The first-order valence-electron chi connectivity index (χ1n) is 5.98. The lowest BCUT2D eigenvalue weighted by atomic mass is 10.1. The summed E-state index contributed by atoms with van der Waals surface area (Å²) in [6.07, 6.45) is 2.44. The molecule has 0 amide bonds. The fraction of sp³-hybridized carbons (Fsp3) is 0.462. The van der Waals surface area contributed by atoms with Gasteiger partial charge in [0.05, 0.1) is 18.1 Å². The largest absolute Gasteiger partial charge is 0.494 e. The molecule has 18 heavy (non-hydrogen) atoms. The molecule has 2 aromatic rings. The molecule has 3 rings (SSSR count). The van der Waals surface area contributed by atoms with Gasteiger partial charge in [-0.3, -0.25) is 0 Å². The summed E-state index contributed by atoms with van der Waals surface area (Å²) in [6, 6.07) is 3.15. The Morgan fingerprint density at radius 2 is 2.22 bits per heavy atom. The van der Waals surface area contributed by atoms with Gasteiger partial charge in [0.1, 0.15) is 0 Å². The Bertz CT molecular complexity index is 669. The van der Waals surface area contributed by atoms with Gasteiger partial charge >= 0.3 is 0 Å². The van der Waals surface area contributed by atoms with Gasteiger partial charge in [-0.05, 0) is 30.5 Å². The normalized spacial score (nSPS) is 17.1. The molecular formula is C13H15FN2OS. The van der Waals surface area contributed by atoms with Crippen LogP contribution in [-0.4, -0.2) is 16.7 Å². The van der Waals surface area contributed by atoms with Crippen molar-refractivity contribution < 1.29 is 9.13 Å². The maximum Gasteiger partial charge on any atom is 0.178 e. The number of ether oxygens (including phenoxy) is 1. The smallest absolute Gasteiger partial charge is 0.178 e. The van der Waals surface area contributed by atoms with Crippen LogP contribution in [0.25, 0.3) is 11.0 Å². The minimum Gasteiger partial charge on any atom is -0.494 e. The number of imidazole rings is 1. The first-order valence-corrected chi connectivity index (χ1v) is 6.39. The second-order valence-corrected chi connectivity index (χ2v) is 5.72. The summed E-state index contributed by atoms with van der Waals surface area (Å²) in [5, 5.41) is 0. The van der Waals surface area contributed by atoms with Crippen molar-refractivity contribution >= 4 is 23.3 Å². The van der Waals surface area contributed by atoms with Crippen molar-refractivity contribution in [3.8, 4) is 5.75 Å². The van der Waals surface area contributed by atoms with Crippen LogP contribution in [0.3, 0.4) is 0 Å². The van der Waals surface area contributed by atoms with E-state index in [0.29, 0.717) is 10.2 Å². The number of rotatable bonds is 3. The number of methoxy groups -OCH3 is 1. The van der Waals surface area contributed by atoms with Gasteiger partial charge in [-0.25, -0.2) is 4.39 Å². The highest BCUT2D eigenvalue weighted by molar-refractivity contribution is 7.71. The predicted molar refractivity (Wildman–Crippen MR) is 71.0 cm³/mol. The zero-order valence-electron chi connectivity index (χ0n) is 10.4. The summed E-state index contributed by atoms with van der Waals surface area (Å²) >= 11 is 5.32. The molecule has 3 nitrogen and oxygen atoms in total. The highest BCUT2D eigenvalue weighted by Crippen LogP contribution is 2.47. The molecule has 1 fully saturated rings. The maximum absolute atomic E-state index is 13.6. The average molecular weight is 266 g/mol. The molecule has 1 saturated carbocycles. The molecule has 1 aromatic heterocycles. The fourth-order valence-electron chi connectivity index (χ4n) is 2.22. The van der Waals surface area contributed by atoms with Crippen molar-refractivity contribution in [3.63, 3.8) is 0 Å². The molecule has 1 heterocycles. The number of hydrogen-bond acceptors (Lipinski definition) is 2. The van der Waals surface area contributed by atoms with Crippen LogP contribution in [0.2, 0.25) is 0 Å². The van der Waals surface area contributed by atoms with E-state index in [1.54, 1.807) is 6.07 Å². The zero-order valence-corrected chi connectivity index (χ0v) is 11.2. The summed E-state index contributed by atoms with van der Waals surface area (Å²) < 4.78 is 21.3. The van der Waals surface area contributed by atoms with Crippen LogP contribution in [0.1, 0.15) is 19.8 Å². The van der Waals surface area contributed by atoms with Crippen LogP contribution in [0, 0.1) is 16.0 Å². The molecule has 0 bridgehead atoms. The third-order valence-corrected chi connectivity index (χ3v) is 4.01. The molecule has 0 atom stereocenters. The lowest BCUT2D eigenvalue weighted by Gasteiger charge is -2.11. The molecule has 1 N–H and O–H groups in total. The summed E-state index contributed by atoms with van der Waals surface area (Å²) in [6.45, 7) is 3.12. The maximum atomic E-state index is 13.6. The SMILES string of the molecule is COc1cc2c(cc1F)[nH]c(=S)n2CC1(C)CC1. The zero-order chi connectivity index (χ0) is 12.9. The Morgan fingerprint density at radius 1 is 1.50 bits per heavy atom. The van der Waals surface area contributed by atoms with Crippen molar-refractivity contribution in [3.05, 3.63) is 22.7 Å². The van der Waals surface area contributed by atoms with Gasteiger partial charge < -0.3 is 14.3 Å². The van der Waals surface area contributed by atoms with Crippen molar-refractivity contribution in [2.24, 2.45) is 5.41 Å². The van der Waals surface area contributed by atoms with E-state index in [1.165, 1.54) is 26.0 Å². The summed E-state index contributed by atoms with van der Waals surface area (Å²) in [5.41, 5.74) is 1.98. The van der Waals surface area contributed by atoms with Gasteiger partial charge in [-0.15, -0.1) is 0 Å². The molecule has 0 saturated heterocycles. The predicted octanol–water partition coefficient (Wildman–Crippen LogP) is 3.65. The first kappa shape index (κ1) is 11.7. The standard InChI is InChI=1S/C13H15FN2OS/c1-13(3-4-13)7-16-10-6-11(17-2)8(14)5-9(10)15-12(16)18/h5-6H,3-4,7H2,1-2H3,(H,15,18). The van der Waals surface area contributed by atoms with Crippen LogP contribution in [0.4, 0.5) is 4.39 Å². The quantitative estimate of drug-likeness (QED) is 0.859. The molecule has 1 aliphatic carbocycles. The van der Waals surface area contributed by atoms with E-state index in [-0.39, 0.29) is 11.6 Å². The van der Waals surface area contributed by atoms with Crippen LogP contribution in [-0.2, 0) is 6.54 Å². The molecule has 0 aliphatic heterocycles. The number of hydrogen-bond donors (Lipinski definition) is 1. The van der Waals surface area contributed by atoms with Gasteiger partial charge in [-0.2, -0.15) is 0 Å². The van der Waals surface area contributed by atoms with E-state index < -0.39 is 0 Å². The average Bonchev–Trinajstić information content (AvgIpc) is 2.98. The fourth-order valence-corrected chi connectivity index (χ4v) is 2.50. The lowest BCUT2D eigenvalue weighted by Crippen LogP contribution is -2.07. The topological polar surface area (TPSA) is 29.9 Å². The van der Waals surface area contributed by atoms with Crippen molar-refractivity contribution in [1.29, 1.82) is 0 Å². The minimum atomic E-state index is -0.369. The Balaban J connectivity index is 2.17. The Kier molecular flexibility index (Phi) is 2.48. The molecule has 96 valence electrons. The van der Waals surface area contributed by atoms with E-state index >= 15 is 0 Å². The van der Waals surface area contributed by atoms with Gasteiger partial charge in [0.2, 0.25) is 0 Å². The third-order valence-electron chi connectivity index (χ3n) is 3.69. The van der Waals surface area contributed by atoms with Gasteiger partial charge in [0, 0.05) is 18.7 Å². The number of benzene rings is 1. The second-order valence-electron chi connectivity index (χ2n) is 5.33. The number of aromatic nitrogens is 2. The van der Waals surface area contributed by atoms with Gasteiger partial charge in [-0.1, -0.05) is 6.92 Å². The molecule has 0 spiro atoms. The van der Waals surface area contributed by atoms with E-state index in [2.05, 4.69) is 11.9 Å². The van der Waals surface area contributed by atoms with Crippen LogP contribution < -0.4 is 4.74 Å². The lowest BCUT2D eigenvalue weighted by molar-refractivity contribution is 0.387. The highest BCUT2D eigenvalue weighted by atomic mass is 32.1. The number of halogens is 1. The van der Waals surface area contributed by atoms with Crippen LogP contribution >= 0.6 is 12.2 Å². The highest BCUT2D eigenvalue weighted by Gasteiger charge is 2.38. The minimum absolute atomic E-state index is 0.256. The summed E-state index contributed by atoms with van der Waals surface area (Å²) in [4.78, 5) is 3.05. The Hall–Kier alpha value is -1.36. The Morgan fingerprint density at radius 3 is 2.83 bits per heavy atom. The number of H-pyrrole nitrogens is 1. The molecule has 5 heteroatoms. The monoisotopic (exact) mass is 266 g/mol. The molecule has 1 aliphatic rings. The van der Waals surface area contributed by atoms with Crippen LogP contribution in [0.15, 0.2) is 12.1 Å². The third kappa shape index (κ3) is 1.82. The van der Waals surface area contributed by atoms with Crippen molar-refractivity contribution in [1.82, 2.24) is 9.55 Å². The van der Waals surface area contributed by atoms with E-state index in [0.717, 1.165) is 17.6 Å². The van der Waals surface area contributed by atoms with Gasteiger partial charge in [0.15, 0.2) is 16.3 Å². The van der Waals surface area contributed by atoms with E-state index in [4.69, 9.17) is 17.0 Å². The molecule has 1 aromatic carbocycles. The first-order chi connectivity index (χ1) is 8.52. The van der Waals surface area contributed by atoms with Crippen LogP contribution in [0.5, 0.6) is 5.75 Å². The second kappa shape index (κ2) is 3.82. The Labute approximate surface area is 110 Å².